The third kappa shape index (κ3) is 5.06. The van der Waals surface area contributed by atoms with Crippen LogP contribution in [0.3, 0.4) is 0 Å². The SMILES string of the molecule is CC(=O)c1c(C)[nH]c(C(=O)COC(=O)CNC(=O)Cc2cccc3ccccc23)c1C. The van der Waals surface area contributed by atoms with Gasteiger partial charge in [-0.3, -0.25) is 19.2 Å². The molecule has 0 spiro atoms. The minimum absolute atomic E-state index is 0.127. The predicted molar refractivity (Wildman–Crippen MR) is 116 cm³/mol. The third-order valence-corrected chi connectivity index (χ3v) is 5.09. The second kappa shape index (κ2) is 9.38. The molecule has 0 aliphatic rings. The highest BCUT2D eigenvalue weighted by atomic mass is 16.5. The van der Waals surface area contributed by atoms with Crippen LogP contribution in [-0.2, 0) is 20.7 Å². The summed E-state index contributed by atoms with van der Waals surface area (Å²) in [4.78, 5) is 51.1. The lowest BCUT2D eigenvalue weighted by Crippen LogP contribution is -2.32. The molecule has 7 nitrogen and oxygen atoms in total. The van der Waals surface area contributed by atoms with Crippen molar-refractivity contribution in [2.45, 2.75) is 27.2 Å². The quantitative estimate of drug-likeness (QED) is 0.430. The molecule has 0 atom stereocenters. The largest absolute Gasteiger partial charge is 0.456 e. The van der Waals surface area contributed by atoms with Crippen LogP contribution in [0.5, 0.6) is 0 Å². The van der Waals surface area contributed by atoms with E-state index in [9.17, 15) is 19.2 Å². The zero-order valence-electron chi connectivity index (χ0n) is 17.7. The van der Waals surface area contributed by atoms with E-state index in [-0.39, 0.29) is 30.3 Å². The average Bonchev–Trinajstić information content (AvgIpc) is 3.05. The van der Waals surface area contributed by atoms with E-state index in [4.69, 9.17) is 4.74 Å². The average molecular weight is 420 g/mol. The molecular weight excluding hydrogens is 396 g/mol. The number of fused-ring (bicyclic) bond motifs is 1. The number of aromatic amines is 1. The predicted octanol–water partition coefficient (Wildman–Crippen LogP) is 3.07. The number of H-pyrrole nitrogens is 1. The van der Waals surface area contributed by atoms with Gasteiger partial charge in [0.1, 0.15) is 6.54 Å². The van der Waals surface area contributed by atoms with E-state index in [1.165, 1.54) is 6.92 Å². The summed E-state index contributed by atoms with van der Waals surface area (Å²) in [5.74, 6) is -1.62. The molecule has 0 aliphatic carbocycles. The van der Waals surface area contributed by atoms with E-state index in [2.05, 4.69) is 10.3 Å². The molecule has 0 bridgehead atoms. The van der Waals surface area contributed by atoms with Gasteiger partial charge in [0.2, 0.25) is 11.7 Å². The molecule has 1 heterocycles. The van der Waals surface area contributed by atoms with Gasteiger partial charge in [0.15, 0.2) is 12.4 Å². The van der Waals surface area contributed by atoms with Gasteiger partial charge in [-0.25, -0.2) is 0 Å². The van der Waals surface area contributed by atoms with E-state index >= 15 is 0 Å². The van der Waals surface area contributed by atoms with Crippen molar-refractivity contribution in [1.29, 1.82) is 0 Å². The molecular formula is C24H24N2O5. The molecule has 7 heteroatoms. The van der Waals surface area contributed by atoms with Gasteiger partial charge in [-0.1, -0.05) is 42.5 Å². The number of hydrogen-bond acceptors (Lipinski definition) is 5. The second-order valence-electron chi connectivity index (χ2n) is 7.36. The van der Waals surface area contributed by atoms with Crippen LogP contribution in [-0.4, -0.2) is 41.6 Å². The highest BCUT2D eigenvalue weighted by molar-refractivity contribution is 6.04. The zero-order chi connectivity index (χ0) is 22.5. The van der Waals surface area contributed by atoms with Crippen LogP contribution < -0.4 is 5.32 Å². The Kier molecular flexibility index (Phi) is 6.65. The van der Waals surface area contributed by atoms with Crippen LogP contribution in [0.25, 0.3) is 10.8 Å². The highest BCUT2D eigenvalue weighted by Gasteiger charge is 2.21. The standard InChI is InChI=1S/C24H24N2O5/c1-14-23(16(3)27)15(2)26-24(14)20(28)13-31-22(30)12-25-21(29)11-18-9-6-8-17-7-4-5-10-19(17)18/h4-10,26H,11-13H2,1-3H3,(H,25,29). The Balaban J connectivity index is 1.51. The second-order valence-corrected chi connectivity index (χ2v) is 7.36. The van der Waals surface area contributed by atoms with Crippen molar-refractivity contribution in [3.8, 4) is 0 Å². The summed E-state index contributed by atoms with van der Waals surface area (Å²) in [5, 5.41) is 4.54. The number of amides is 1. The molecule has 0 aliphatic heterocycles. The Morgan fingerprint density at radius 1 is 1.00 bits per heavy atom. The normalized spacial score (nSPS) is 10.7. The molecule has 0 unspecified atom stereocenters. The van der Waals surface area contributed by atoms with Gasteiger partial charge in [-0.15, -0.1) is 0 Å². The number of benzene rings is 2. The topological polar surface area (TPSA) is 105 Å². The van der Waals surface area contributed by atoms with E-state index in [0.29, 0.717) is 16.8 Å². The van der Waals surface area contributed by atoms with Gasteiger partial charge < -0.3 is 15.0 Å². The summed E-state index contributed by atoms with van der Waals surface area (Å²) in [6, 6.07) is 13.5. The minimum Gasteiger partial charge on any atom is -0.456 e. The van der Waals surface area contributed by atoms with E-state index < -0.39 is 18.4 Å². The number of nitrogens with one attached hydrogen (secondary N) is 2. The van der Waals surface area contributed by atoms with Crippen molar-refractivity contribution < 1.29 is 23.9 Å². The van der Waals surface area contributed by atoms with Gasteiger partial charge in [0, 0.05) is 11.3 Å². The minimum atomic E-state index is -0.715. The number of Topliss-reactive ketones (excluding diaryl/α,β-unsaturated/α-hetero) is 2. The number of aryl methyl sites for hydroxylation is 1. The van der Waals surface area contributed by atoms with Crippen LogP contribution in [0.4, 0.5) is 0 Å². The first kappa shape index (κ1) is 22.0. The van der Waals surface area contributed by atoms with Crippen molar-refractivity contribution in [3.63, 3.8) is 0 Å². The van der Waals surface area contributed by atoms with Crippen molar-refractivity contribution in [2.24, 2.45) is 0 Å². The first-order valence-electron chi connectivity index (χ1n) is 9.90. The molecule has 2 aromatic carbocycles. The Morgan fingerprint density at radius 3 is 2.42 bits per heavy atom. The van der Waals surface area contributed by atoms with Gasteiger partial charge >= 0.3 is 5.97 Å². The maximum atomic E-state index is 12.4. The molecule has 160 valence electrons. The summed E-state index contributed by atoms with van der Waals surface area (Å²) in [7, 11) is 0. The smallest absolute Gasteiger partial charge is 0.325 e. The molecule has 0 fully saturated rings. The number of hydrogen-bond donors (Lipinski definition) is 2. The Labute approximate surface area is 179 Å². The summed E-state index contributed by atoms with van der Waals surface area (Å²) in [6.45, 7) is 3.99. The van der Waals surface area contributed by atoms with Gasteiger partial charge in [-0.2, -0.15) is 0 Å². The molecule has 0 radical (unpaired) electrons. The lowest BCUT2D eigenvalue weighted by molar-refractivity contribution is -0.142. The molecule has 3 aromatic rings. The number of ether oxygens (including phenoxy) is 1. The first-order valence-corrected chi connectivity index (χ1v) is 9.90. The van der Waals surface area contributed by atoms with E-state index in [1.54, 1.807) is 13.8 Å². The molecule has 3 rings (SSSR count). The van der Waals surface area contributed by atoms with Crippen LogP contribution in [0, 0.1) is 13.8 Å². The summed E-state index contributed by atoms with van der Waals surface area (Å²) in [5.41, 5.74) is 2.71. The van der Waals surface area contributed by atoms with Crippen molar-refractivity contribution >= 4 is 34.2 Å². The van der Waals surface area contributed by atoms with Crippen LogP contribution in [0.15, 0.2) is 42.5 Å². The molecule has 0 saturated carbocycles. The highest BCUT2D eigenvalue weighted by Crippen LogP contribution is 2.20. The van der Waals surface area contributed by atoms with Gasteiger partial charge in [0.25, 0.3) is 0 Å². The fourth-order valence-electron chi connectivity index (χ4n) is 3.68. The number of carbonyl (C=O) groups excluding carboxylic acids is 4. The van der Waals surface area contributed by atoms with Gasteiger partial charge in [-0.05, 0) is 42.7 Å². The molecule has 1 aromatic heterocycles. The third-order valence-electron chi connectivity index (χ3n) is 5.09. The number of aromatic nitrogens is 1. The zero-order valence-corrected chi connectivity index (χ0v) is 17.7. The number of rotatable bonds is 8. The molecule has 1 amide bonds. The first-order chi connectivity index (χ1) is 14.8. The van der Waals surface area contributed by atoms with Crippen LogP contribution in [0.2, 0.25) is 0 Å². The summed E-state index contributed by atoms with van der Waals surface area (Å²) < 4.78 is 4.99. The fraction of sp³-hybridized carbons (Fsp3) is 0.250. The van der Waals surface area contributed by atoms with E-state index in [0.717, 1.165) is 16.3 Å². The van der Waals surface area contributed by atoms with Crippen LogP contribution >= 0.6 is 0 Å². The number of ketones is 2. The monoisotopic (exact) mass is 420 g/mol. The van der Waals surface area contributed by atoms with Crippen molar-refractivity contribution in [1.82, 2.24) is 10.3 Å². The lowest BCUT2D eigenvalue weighted by atomic mass is 10.0. The number of esters is 1. The lowest BCUT2D eigenvalue weighted by Gasteiger charge is -2.08. The Bertz CT molecular complexity index is 1170. The van der Waals surface area contributed by atoms with Crippen LogP contribution in [0.1, 0.15) is 44.6 Å². The van der Waals surface area contributed by atoms with E-state index in [1.807, 2.05) is 42.5 Å². The van der Waals surface area contributed by atoms with Gasteiger partial charge in [0.05, 0.1) is 12.1 Å². The summed E-state index contributed by atoms with van der Waals surface area (Å²) >= 11 is 0. The number of carbonyl (C=O) groups is 4. The Hall–Kier alpha value is -3.74. The fourth-order valence-corrected chi connectivity index (χ4v) is 3.68. The molecule has 0 saturated heterocycles. The maximum Gasteiger partial charge on any atom is 0.325 e. The van der Waals surface area contributed by atoms with Crippen molar-refractivity contribution in [2.75, 3.05) is 13.2 Å². The molecule has 31 heavy (non-hydrogen) atoms. The summed E-state index contributed by atoms with van der Waals surface area (Å²) in [6.07, 6.45) is 0.127. The Morgan fingerprint density at radius 2 is 1.71 bits per heavy atom. The maximum absolute atomic E-state index is 12.4. The molecule has 2 N–H and O–H groups in total. The van der Waals surface area contributed by atoms with Crippen molar-refractivity contribution in [3.05, 3.63) is 70.5 Å².